The van der Waals surface area contributed by atoms with Crippen LogP contribution in [0.1, 0.15) is 55.4 Å². The molecule has 0 saturated heterocycles. The van der Waals surface area contributed by atoms with E-state index in [0.29, 0.717) is 22.7 Å². The highest BCUT2D eigenvalue weighted by atomic mass is 16.5. The molecule has 15 heavy (non-hydrogen) atoms. The Morgan fingerprint density at radius 3 is 1.20 bits per heavy atom. The lowest BCUT2D eigenvalue weighted by Crippen LogP contribution is -2.26. The molecule has 0 aliphatic heterocycles. The Bertz CT molecular complexity index is 151. The quantitative estimate of drug-likeness (QED) is 0.675. The van der Waals surface area contributed by atoms with Gasteiger partial charge in [0.2, 0.25) is 0 Å². The first-order valence-corrected chi connectivity index (χ1v) is 6.13. The highest BCUT2D eigenvalue weighted by molar-refractivity contribution is 4.71. The van der Waals surface area contributed by atoms with Gasteiger partial charge in [0.25, 0.3) is 0 Å². The van der Waals surface area contributed by atoms with Crippen LogP contribution in [0, 0.1) is 22.7 Å². The third-order valence-electron chi connectivity index (χ3n) is 3.69. The van der Waals surface area contributed by atoms with Crippen LogP contribution in [-0.2, 0) is 4.74 Å². The van der Waals surface area contributed by atoms with E-state index in [1.807, 2.05) is 0 Å². The van der Waals surface area contributed by atoms with Crippen LogP contribution < -0.4 is 0 Å². The molecule has 0 saturated carbocycles. The van der Waals surface area contributed by atoms with Crippen molar-refractivity contribution in [3.63, 3.8) is 0 Å². The lowest BCUT2D eigenvalue weighted by atomic mass is 9.82. The average Bonchev–Trinajstić information content (AvgIpc) is 2.00. The molecule has 0 rings (SSSR count). The van der Waals surface area contributed by atoms with Crippen LogP contribution in [0.4, 0.5) is 0 Å². The van der Waals surface area contributed by atoms with Gasteiger partial charge in [-0.15, -0.1) is 0 Å². The van der Waals surface area contributed by atoms with Crippen LogP contribution in [0.2, 0.25) is 0 Å². The second-order valence-corrected chi connectivity index (χ2v) is 7.07. The van der Waals surface area contributed by atoms with Crippen molar-refractivity contribution in [1.82, 2.24) is 0 Å². The van der Waals surface area contributed by atoms with Crippen LogP contribution in [0.25, 0.3) is 0 Å². The van der Waals surface area contributed by atoms with Crippen LogP contribution in [0.5, 0.6) is 0 Å². The van der Waals surface area contributed by atoms with Gasteiger partial charge in [-0.1, -0.05) is 55.4 Å². The van der Waals surface area contributed by atoms with Crippen molar-refractivity contribution < 1.29 is 4.74 Å². The Balaban J connectivity index is 3.81. The summed E-state index contributed by atoms with van der Waals surface area (Å²) in [7, 11) is 0. The van der Waals surface area contributed by atoms with Crippen molar-refractivity contribution >= 4 is 0 Å². The van der Waals surface area contributed by atoms with Gasteiger partial charge in [-0.05, 0) is 22.7 Å². The summed E-state index contributed by atoms with van der Waals surface area (Å²) in [6.07, 6.45) is 0. The summed E-state index contributed by atoms with van der Waals surface area (Å²) in [6, 6.07) is 0. The monoisotopic (exact) mass is 214 g/mol. The summed E-state index contributed by atoms with van der Waals surface area (Å²) < 4.78 is 5.81. The predicted octanol–water partition coefficient (Wildman–Crippen LogP) is 4.37. The minimum atomic E-state index is 0.352. The Hall–Kier alpha value is -0.0400. The molecule has 1 nitrogen and oxygen atoms in total. The molecule has 92 valence electrons. The zero-order valence-electron chi connectivity index (χ0n) is 12.0. The number of hydrogen-bond donors (Lipinski definition) is 0. The van der Waals surface area contributed by atoms with Crippen LogP contribution in [0.3, 0.4) is 0 Å². The van der Waals surface area contributed by atoms with Crippen molar-refractivity contribution in [3.8, 4) is 0 Å². The average molecular weight is 214 g/mol. The van der Waals surface area contributed by atoms with E-state index < -0.39 is 0 Å². The van der Waals surface area contributed by atoms with Gasteiger partial charge in [0.1, 0.15) is 0 Å². The fourth-order valence-corrected chi connectivity index (χ4v) is 0.922. The first-order valence-electron chi connectivity index (χ1n) is 6.13. The Morgan fingerprint density at radius 2 is 1.00 bits per heavy atom. The predicted molar refractivity (Wildman–Crippen MR) is 68.1 cm³/mol. The van der Waals surface area contributed by atoms with Gasteiger partial charge in [-0.3, -0.25) is 0 Å². The van der Waals surface area contributed by atoms with Crippen LogP contribution in [0.15, 0.2) is 0 Å². The molecule has 0 radical (unpaired) electrons. The fourth-order valence-electron chi connectivity index (χ4n) is 0.922. The molecule has 0 spiro atoms. The van der Waals surface area contributed by atoms with Crippen LogP contribution >= 0.6 is 0 Å². The highest BCUT2D eigenvalue weighted by Crippen LogP contribution is 2.28. The Kier molecular flexibility index (Phi) is 5.32. The molecule has 0 N–H and O–H groups in total. The van der Waals surface area contributed by atoms with Gasteiger partial charge >= 0.3 is 0 Å². The first kappa shape index (κ1) is 15.0. The molecule has 2 atom stereocenters. The highest BCUT2D eigenvalue weighted by Gasteiger charge is 2.23. The molecule has 2 unspecified atom stereocenters. The standard InChI is InChI=1S/C14H30O/c1-11(13(3,4)5)9-15-10-12(2)14(6,7)8/h11-12H,9-10H2,1-8H3. The molecule has 0 amide bonds. The summed E-state index contributed by atoms with van der Waals surface area (Å²) in [5.41, 5.74) is 0.704. The van der Waals surface area contributed by atoms with E-state index >= 15 is 0 Å². The summed E-state index contributed by atoms with van der Waals surface area (Å²) in [6.45, 7) is 19.9. The van der Waals surface area contributed by atoms with E-state index in [9.17, 15) is 0 Å². The maximum absolute atomic E-state index is 5.81. The van der Waals surface area contributed by atoms with Gasteiger partial charge in [0.15, 0.2) is 0 Å². The third-order valence-corrected chi connectivity index (χ3v) is 3.69. The number of rotatable bonds is 4. The molecule has 0 aromatic rings. The van der Waals surface area contributed by atoms with E-state index in [2.05, 4.69) is 55.4 Å². The van der Waals surface area contributed by atoms with E-state index in [0.717, 1.165) is 13.2 Å². The molecule has 0 heterocycles. The smallest absolute Gasteiger partial charge is 0.0496 e. The molecular formula is C14H30O. The normalized spacial score (nSPS) is 17.6. The van der Waals surface area contributed by atoms with E-state index in [-0.39, 0.29) is 0 Å². The van der Waals surface area contributed by atoms with Gasteiger partial charge < -0.3 is 4.74 Å². The molecule has 0 aliphatic rings. The van der Waals surface area contributed by atoms with Crippen molar-refractivity contribution in [3.05, 3.63) is 0 Å². The lowest BCUT2D eigenvalue weighted by Gasteiger charge is -2.30. The SMILES string of the molecule is CC(COCC(C)C(C)(C)C)C(C)(C)C. The van der Waals surface area contributed by atoms with Gasteiger partial charge in [0.05, 0.1) is 0 Å². The maximum atomic E-state index is 5.81. The van der Waals surface area contributed by atoms with E-state index in [4.69, 9.17) is 4.74 Å². The molecule has 0 bridgehead atoms. The van der Waals surface area contributed by atoms with Gasteiger partial charge in [-0.25, -0.2) is 0 Å². The molecule has 0 aromatic heterocycles. The number of ether oxygens (including phenoxy) is 1. The topological polar surface area (TPSA) is 9.23 Å². The minimum absolute atomic E-state index is 0.352. The lowest BCUT2D eigenvalue weighted by molar-refractivity contribution is 0.0229. The summed E-state index contributed by atoms with van der Waals surface area (Å²) in [4.78, 5) is 0. The van der Waals surface area contributed by atoms with E-state index in [1.165, 1.54) is 0 Å². The fraction of sp³-hybridized carbons (Fsp3) is 1.00. The first-order chi connectivity index (χ1) is 6.55. The van der Waals surface area contributed by atoms with Crippen molar-refractivity contribution in [1.29, 1.82) is 0 Å². The Labute approximate surface area is 96.6 Å². The molecule has 0 fully saturated rings. The summed E-state index contributed by atoms with van der Waals surface area (Å²) >= 11 is 0. The summed E-state index contributed by atoms with van der Waals surface area (Å²) in [5, 5.41) is 0. The van der Waals surface area contributed by atoms with Gasteiger partial charge in [-0.2, -0.15) is 0 Å². The zero-order valence-corrected chi connectivity index (χ0v) is 12.0. The second kappa shape index (κ2) is 5.34. The molecule has 0 aliphatic carbocycles. The number of hydrogen-bond acceptors (Lipinski definition) is 1. The zero-order chi connectivity index (χ0) is 12.3. The summed E-state index contributed by atoms with van der Waals surface area (Å²) in [5.74, 6) is 1.23. The Morgan fingerprint density at radius 1 is 0.733 bits per heavy atom. The molecule has 0 aromatic carbocycles. The van der Waals surface area contributed by atoms with Crippen molar-refractivity contribution in [2.24, 2.45) is 22.7 Å². The molecule has 1 heteroatoms. The molecular weight excluding hydrogens is 184 g/mol. The van der Waals surface area contributed by atoms with Crippen LogP contribution in [-0.4, -0.2) is 13.2 Å². The third kappa shape index (κ3) is 6.19. The van der Waals surface area contributed by atoms with Crippen molar-refractivity contribution in [2.75, 3.05) is 13.2 Å². The second-order valence-electron chi connectivity index (χ2n) is 7.07. The largest absolute Gasteiger partial charge is 0.381 e. The maximum Gasteiger partial charge on any atom is 0.0496 e. The minimum Gasteiger partial charge on any atom is -0.381 e. The van der Waals surface area contributed by atoms with E-state index in [1.54, 1.807) is 0 Å². The van der Waals surface area contributed by atoms with Gasteiger partial charge in [0, 0.05) is 13.2 Å². The van der Waals surface area contributed by atoms with Crippen molar-refractivity contribution in [2.45, 2.75) is 55.4 Å².